The Hall–Kier alpha value is -4.45. The van der Waals surface area contributed by atoms with E-state index in [0.717, 1.165) is 21.1 Å². The molecule has 0 aromatic heterocycles. The van der Waals surface area contributed by atoms with E-state index in [1.54, 1.807) is 22.3 Å². The zero-order valence-electron chi connectivity index (χ0n) is 42.7. The Bertz CT molecular complexity index is 2550. The van der Waals surface area contributed by atoms with Gasteiger partial charge < -0.3 is 0 Å². The molecule has 6 aromatic rings. The first-order chi connectivity index (χ1) is 32.3. The third kappa shape index (κ3) is 10.0. The van der Waals surface area contributed by atoms with Crippen LogP contribution in [0.5, 0.6) is 0 Å². The molecular weight excluding hydrogens is 884 g/mol. The van der Waals surface area contributed by atoms with Crippen LogP contribution in [0.2, 0.25) is 0 Å². The van der Waals surface area contributed by atoms with Crippen LogP contribution in [0.3, 0.4) is 0 Å². The van der Waals surface area contributed by atoms with Gasteiger partial charge in [-0.3, -0.25) is 0 Å². The van der Waals surface area contributed by atoms with Crippen LogP contribution in [0, 0.1) is 0 Å². The van der Waals surface area contributed by atoms with Gasteiger partial charge in [0.15, 0.2) is 0 Å². The van der Waals surface area contributed by atoms with E-state index < -0.39 is 18.3 Å². The molecule has 0 amide bonds. The van der Waals surface area contributed by atoms with E-state index in [1.165, 1.54) is 107 Å². The molecule has 6 aromatic carbocycles. The third-order valence-corrected chi connectivity index (χ3v) is 36.8. The van der Waals surface area contributed by atoms with E-state index in [-0.39, 0.29) is 10.8 Å². The minimum atomic E-state index is -4.84. The second-order valence-corrected chi connectivity index (χ2v) is 38.5. The first-order valence-corrected chi connectivity index (χ1v) is 34.0. The molecule has 0 radical (unpaired) electrons. The second kappa shape index (κ2) is 20.6. The van der Waals surface area contributed by atoms with Gasteiger partial charge in [-0.25, -0.2) is 0 Å². The van der Waals surface area contributed by atoms with Gasteiger partial charge in [0.05, 0.1) is 0 Å². The molecule has 0 aliphatic heterocycles. The molecular formula is C66H80Zr. The zero-order chi connectivity index (χ0) is 47.3. The van der Waals surface area contributed by atoms with E-state index in [9.17, 15) is 0 Å². The second-order valence-electron chi connectivity index (χ2n) is 22.8. The predicted molar refractivity (Wildman–Crippen MR) is 292 cm³/mol. The van der Waals surface area contributed by atoms with Crippen molar-refractivity contribution >= 4 is 15.9 Å². The number of hydrogen-bond acceptors (Lipinski definition) is 0. The van der Waals surface area contributed by atoms with Gasteiger partial charge in [-0.05, 0) is 0 Å². The van der Waals surface area contributed by atoms with Crippen LogP contribution in [0.15, 0.2) is 157 Å². The molecule has 348 valence electrons. The molecule has 1 heteroatoms. The molecule has 0 saturated heterocycles. The van der Waals surface area contributed by atoms with E-state index in [4.69, 9.17) is 0 Å². The summed E-state index contributed by atoms with van der Waals surface area (Å²) in [5.74, 6) is 0. The summed E-state index contributed by atoms with van der Waals surface area (Å²) in [7, 11) is 0. The summed E-state index contributed by atoms with van der Waals surface area (Å²) in [4.78, 5) is 0. The average Bonchev–Trinajstić information content (AvgIpc) is 3.91. The first kappa shape index (κ1) is 49.0. The fraction of sp³-hybridized carbons (Fsp3) is 0.379. The molecule has 2 aliphatic carbocycles. The standard InChI is InChI=1S/2C25H31.2C7H7.C2H4.Zr/c2*1-5-6-7-8-10-19-17-21-11-9-12-23(24(21)18-19)20-13-15-22(16-14-20)25(2,3)4;2*1-7-5-3-2-4-6-7;1-2;/h2*9,11-18H,5-8,10H2,1-4H3;2*2-6H,1H2;1H,2H3;. The summed E-state index contributed by atoms with van der Waals surface area (Å²) in [6.45, 7) is 21.2. The third-order valence-electron chi connectivity index (χ3n) is 16.2. The van der Waals surface area contributed by atoms with Crippen LogP contribution in [0.1, 0.15) is 178 Å². The number of benzene rings is 6. The molecule has 2 unspecified atom stereocenters. The monoisotopic (exact) mass is 963 g/mol. The van der Waals surface area contributed by atoms with Gasteiger partial charge in [-0.15, -0.1) is 0 Å². The molecule has 0 heterocycles. The summed E-state index contributed by atoms with van der Waals surface area (Å²) in [5.41, 5.74) is 21.0. The first-order valence-electron chi connectivity index (χ1n) is 26.2. The van der Waals surface area contributed by atoms with Crippen LogP contribution in [-0.4, -0.2) is 3.71 Å². The van der Waals surface area contributed by atoms with Crippen LogP contribution in [0.4, 0.5) is 0 Å². The molecule has 0 saturated carbocycles. The van der Waals surface area contributed by atoms with Crippen molar-refractivity contribution in [2.45, 2.75) is 153 Å². The topological polar surface area (TPSA) is 0 Å². The van der Waals surface area contributed by atoms with E-state index in [1.807, 2.05) is 0 Å². The Kier molecular flexibility index (Phi) is 15.1. The van der Waals surface area contributed by atoms with E-state index in [0.29, 0.717) is 7.25 Å². The number of allylic oxidation sites excluding steroid dienone is 2. The number of hydrogen-bond donors (Lipinski definition) is 0. The molecule has 2 atom stereocenters. The molecule has 0 spiro atoms. The molecule has 0 bridgehead atoms. The summed E-state index contributed by atoms with van der Waals surface area (Å²) >= 11 is -4.84. The number of rotatable bonds is 18. The van der Waals surface area contributed by atoms with Crippen molar-refractivity contribution in [3.63, 3.8) is 0 Å². The van der Waals surface area contributed by atoms with Gasteiger partial charge >= 0.3 is 411 Å². The molecule has 67 heavy (non-hydrogen) atoms. The van der Waals surface area contributed by atoms with Gasteiger partial charge in [-0.1, -0.05) is 0 Å². The average molecular weight is 965 g/mol. The predicted octanol–water partition coefficient (Wildman–Crippen LogP) is 19.0. The van der Waals surface area contributed by atoms with Crippen molar-refractivity contribution in [3.8, 4) is 22.3 Å². The Morgan fingerprint density at radius 3 is 1.16 bits per heavy atom. The Balaban J connectivity index is 1.45. The maximum absolute atomic E-state index is 4.84. The quantitative estimate of drug-likeness (QED) is 0.0753. The van der Waals surface area contributed by atoms with Crippen LogP contribution in [-0.2, 0) is 37.4 Å². The zero-order valence-corrected chi connectivity index (χ0v) is 45.2. The normalized spacial score (nSPS) is 16.1. The van der Waals surface area contributed by atoms with Crippen molar-refractivity contribution in [2.75, 3.05) is 0 Å². The molecule has 2 aliphatic rings. The van der Waals surface area contributed by atoms with Gasteiger partial charge in [0.2, 0.25) is 0 Å². The summed E-state index contributed by atoms with van der Waals surface area (Å²) in [6, 6.07) is 57.6. The summed E-state index contributed by atoms with van der Waals surface area (Å²) in [6.07, 6.45) is 17.9. The van der Waals surface area contributed by atoms with Crippen LogP contribution < -0.4 is 0 Å². The Labute approximate surface area is 407 Å². The Morgan fingerprint density at radius 1 is 0.433 bits per heavy atom. The number of fused-ring (bicyclic) bond motifs is 2. The van der Waals surface area contributed by atoms with Gasteiger partial charge in [-0.2, -0.15) is 0 Å². The van der Waals surface area contributed by atoms with Gasteiger partial charge in [0.1, 0.15) is 0 Å². The SMILES string of the molecule is C[CH]=[Zr]([CH2]c1ccccc1)([CH2]c1ccccc1)([CH]1C(CCCCCC)=Cc2c(-c3ccc(C(C)(C)C)cc3)cccc21)[CH]1C(CCCCCC)=Cc2c(-c3ccc(C(C)(C)C)cc3)cccc21. The van der Waals surface area contributed by atoms with Crippen molar-refractivity contribution in [1.82, 2.24) is 0 Å². The van der Waals surface area contributed by atoms with Crippen molar-refractivity contribution in [1.29, 1.82) is 0 Å². The van der Waals surface area contributed by atoms with Gasteiger partial charge in [0.25, 0.3) is 0 Å². The van der Waals surface area contributed by atoms with Crippen molar-refractivity contribution in [2.24, 2.45) is 0 Å². The van der Waals surface area contributed by atoms with Crippen molar-refractivity contribution < 1.29 is 18.3 Å². The maximum atomic E-state index is 3.00. The van der Waals surface area contributed by atoms with E-state index >= 15 is 0 Å². The van der Waals surface area contributed by atoms with Crippen LogP contribution in [0.25, 0.3) is 34.4 Å². The summed E-state index contributed by atoms with van der Waals surface area (Å²) in [5, 5.41) is 0. The molecule has 8 rings (SSSR count). The fourth-order valence-corrected chi connectivity index (χ4v) is 35.6. The van der Waals surface area contributed by atoms with E-state index in [2.05, 4.69) is 224 Å². The Morgan fingerprint density at radius 2 is 0.821 bits per heavy atom. The summed E-state index contributed by atoms with van der Waals surface area (Å²) < 4.78 is 5.96. The van der Waals surface area contributed by atoms with Crippen molar-refractivity contribution in [3.05, 3.63) is 201 Å². The van der Waals surface area contributed by atoms with Crippen LogP contribution >= 0.6 is 0 Å². The molecule has 0 N–H and O–H groups in total. The molecule has 0 nitrogen and oxygen atoms in total. The number of unbranched alkanes of at least 4 members (excludes halogenated alkanes) is 6. The fourth-order valence-electron chi connectivity index (χ4n) is 12.8. The minimum absolute atomic E-state index is 0.106. The molecule has 0 fully saturated rings. The van der Waals surface area contributed by atoms with Gasteiger partial charge in [0, 0.05) is 0 Å².